The summed E-state index contributed by atoms with van der Waals surface area (Å²) in [6.07, 6.45) is 1.06. The zero-order valence-corrected chi connectivity index (χ0v) is 11.7. The van der Waals surface area contributed by atoms with E-state index in [1.165, 1.54) is 11.8 Å². The lowest BCUT2D eigenvalue weighted by Crippen LogP contribution is -2.30. The van der Waals surface area contributed by atoms with Crippen molar-refractivity contribution in [1.29, 1.82) is 0 Å². The van der Waals surface area contributed by atoms with Crippen LogP contribution in [0.15, 0.2) is 0 Å². The monoisotopic (exact) mass is 262 g/mol. The fraction of sp³-hybridized carbons (Fsp3) is 0.818. The number of hydrogen-bond donors (Lipinski definition) is 2. The third kappa shape index (κ3) is 10.1. The van der Waals surface area contributed by atoms with Gasteiger partial charge in [0, 0.05) is 11.7 Å². The molecule has 5 nitrogen and oxygen atoms in total. The average Bonchev–Trinajstić information content (AvgIpc) is 2.20. The Morgan fingerprint density at radius 1 is 1.41 bits per heavy atom. The maximum atomic E-state index is 11.4. The molecule has 100 valence electrons. The first-order valence-electron chi connectivity index (χ1n) is 5.57. The smallest absolute Gasteiger partial charge is 0.316 e. The molecule has 0 saturated carbocycles. The van der Waals surface area contributed by atoms with Crippen LogP contribution >= 0.6 is 11.8 Å². The first-order valence-corrected chi connectivity index (χ1v) is 6.62. The van der Waals surface area contributed by atoms with Crippen molar-refractivity contribution in [2.45, 2.75) is 51.4 Å². The minimum atomic E-state index is -0.444. The number of nitrogens with two attached hydrogens (primary N) is 1. The minimum absolute atomic E-state index is 0.185. The van der Waals surface area contributed by atoms with E-state index in [1.807, 2.05) is 27.7 Å². The van der Waals surface area contributed by atoms with Crippen molar-refractivity contribution in [2.75, 3.05) is 5.75 Å². The van der Waals surface area contributed by atoms with Crippen LogP contribution in [0.3, 0.4) is 0 Å². The van der Waals surface area contributed by atoms with Crippen LogP contribution in [0.1, 0.15) is 40.5 Å². The van der Waals surface area contributed by atoms with Crippen LogP contribution in [0.25, 0.3) is 0 Å². The molecule has 0 aliphatic carbocycles. The van der Waals surface area contributed by atoms with E-state index < -0.39 is 5.60 Å². The molecule has 0 fully saturated rings. The molecule has 0 aromatic rings. The fourth-order valence-corrected chi connectivity index (χ4v) is 1.84. The van der Waals surface area contributed by atoms with Crippen LogP contribution in [-0.2, 0) is 14.3 Å². The summed E-state index contributed by atoms with van der Waals surface area (Å²) in [4.78, 5) is 22.3. The van der Waals surface area contributed by atoms with Gasteiger partial charge < -0.3 is 4.74 Å². The van der Waals surface area contributed by atoms with Crippen molar-refractivity contribution in [2.24, 2.45) is 5.84 Å². The highest BCUT2D eigenvalue weighted by Crippen LogP contribution is 2.17. The van der Waals surface area contributed by atoms with Crippen molar-refractivity contribution < 1.29 is 14.3 Å². The Hall–Kier alpha value is -0.750. The summed E-state index contributed by atoms with van der Waals surface area (Å²) in [5.41, 5.74) is 1.63. The first kappa shape index (κ1) is 16.2. The molecule has 0 radical (unpaired) electrons. The molecule has 1 unspecified atom stereocenters. The van der Waals surface area contributed by atoms with Crippen LogP contribution in [0.5, 0.6) is 0 Å². The zero-order valence-electron chi connectivity index (χ0n) is 10.9. The number of esters is 1. The highest BCUT2D eigenvalue weighted by Gasteiger charge is 2.17. The Kier molecular flexibility index (Phi) is 7.22. The molecule has 0 aliphatic rings. The van der Waals surface area contributed by atoms with Gasteiger partial charge in [-0.2, -0.15) is 0 Å². The van der Waals surface area contributed by atoms with Gasteiger partial charge in [-0.3, -0.25) is 15.0 Å². The number of carbonyl (C=O) groups excluding carboxylic acids is 2. The van der Waals surface area contributed by atoms with Crippen molar-refractivity contribution in [3.05, 3.63) is 0 Å². The molecule has 0 aromatic carbocycles. The van der Waals surface area contributed by atoms with Gasteiger partial charge in [-0.1, -0.05) is 6.92 Å². The molecular weight excluding hydrogens is 240 g/mol. The molecule has 0 spiro atoms. The minimum Gasteiger partial charge on any atom is -0.459 e. The van der Waals surface area contributed by atoms with Gasteiger partial charge in [0.2, 0.25) is 5.91 Å². The third-order valence-corrected chi connectivity index (χ3v) is 3.05. The standard InChI is InChI=1S/C11H22N2O3S/c1-8(5-6-9(14)13-12)17-7-10(15)16-11(2,3)4/h8H,5-7,12H2,1-4H3,(H,13,14). The number of hydrogen-bond acceptors (Lipinski definition) is 5. The number of thioether (sulfide) groups is 1. The maximum Gasteiger partial charge on any atom is 0.316 e. The number of hydrazine groups is 1. The molecule has 0 heterocycles. The summed E-state index contributed by atoms with van der Waals surface area (Å²) >= 11 is 1.48. The SMILES string of the molecule is CC(CCC(=O)NN)SCC(=O)OC(C)(C)C. The summed E-state index contributed by atoms with van der Waals surface area (Å²) in [6, 6.07) is 0. The molecule has 1 amide bonds. The summed E-state index contributed by atoms with van der Waals surface area (Å²) in [7, 11) is 0. The van der Waals surface area contributed by atoms with Crippen LogP contribution in [0.4, 0.5) is 0 Å². The van der Waals surface area contributed by atoms with Crippen molar-refractivity contribution in [1.82, 2.24) is 5.43 Å². The van der Waals surface area contributed by atoms with Crippen molar-refractivity contribution >= 4 is 23.6 Å². The quantitative estimate of drug-likeness (QED) is 0.325. The second-order valence-electron chi connectivity index (χ2n) is 4.81. The van der Waals surface area contributed by atoms with E-state index in [0.717, 1.165) is 0 Å². The van der Waals surface area contributed by atoms with Gasteiger partial charge in [-0.05, 0) is 27.2 Å². The predicted molar refractivity (Wildman–Crippen MR) is 69.3 cm³/mol. The normalized spacial score (nSPS) is 13.0. The molecule has 3 N–H and O–H groups in total. The van der Waals surface area contributed by atoms with Gasteiger partial charge in [-0.25, -0.2) is 5.84 Å². The Labute approximate surface area is 107 Å². The molecule has 17 heavy (non-hydrogen) atoms. The van der Waals surface area contributed by atoms with Crippen LogP contribution in [0, 0.1) is 0 Å². The van der Waals surface area contributed by atoms with E-state index in [4.69, 9.17) is 10.6 Å². The van der Waals surface area contributed by atoms with Gasteiger partial charge >= 0.3 is 5.97 Å². The number of rotatable bonds is 6. The number of carbonyl (C=O) groups is 2. The lowest BCUT2D eigenvalue weighted by Gasteiger charge is -2.20. The summed E-state index contributed by atoms with van der Waals surface area (Å²) < 4.78 is 5.18. The van der Waals surface area contributed by atoms with E-state index >= 15 is 0 Å². The van der Waals surface area contributed by atoms with Crippen LogP contribution in [0.2, 0.25) is 0 Å². The summed E-state index contributed by atoms with van der Waals surface area (Å²) in [6.45, 7) is 7.48. The van der Waals surface area contributed by atoms with Gasteiger partial charge in [-0.15, -0.1) is 11.8 Å². The second-order valence-corrected chi connectivity index (χ2v) is 6.24. The topological polar surface area (TPSA) is 81.4 Å². The van der Waals surface area contributed by atoms with Gasteiger partial charge in [0.25, 0.3) is 0 Å². The molecule has 0 bridgehead atoms. The van der Waals surface area contributed by atoms with Gasteiger partial charge in [0.1, 0.15) is 5.60 Å². The third-order valence-electron chi connectivity index (χ3n) is 1.84. The van der Waals surface area contributed by atoms with E-state index in [9.17, 15) is 9.59 Å². The molecular formula is C11H22N2O3S. The first-order chi connectivity index (χ1) is 7.74. The summed E-state index contributed by atoms with van der Waals surface area (Å²) in [5.74, 6) is 4.87. The molecule has 0 aromatic heterocycles. The lowest BCUT2D eigenvalue weighted by atomic mass is 10.2. The molecule has 6 heteroatoms. The molecule has 0 rings (SSSR count). The van der Waals surface area contributed by atoms with Crippen LogP contribution < -0.4 is 11.3 Å². The highest BCUT2D eigenvalue weighted by atomic mass is 32.2. The molecule has 0 aliphatic heterocycles. The Balaban J connectivity index is 3.73. The van der Waals surface area contributed by atoms with Crippen molar-refractivity contribution in [3.8, 4) is 0 Å². The second kappa shape index (κ2) is 7.55. The average molecular weight is 262 g/mol. The highest BCUT2D eigenvalue weighted by molar-refractivity contribution is 8.00. The fourth-order valence-electron chi connectivity index (χ4n) is 1.07. The molecule has 1 atom stereocenters. The Morgan fingerprint density at radius 2 is 2.00 bits per heavy atom. The number of nitrogens with one attached hydrogen (secondary N) is 1. The van der Waals surface area contributed by atoms with Crippen molar-refractivity contribution in [3.63, 3.8) is 0 Å². The van der Waals surface area contributed by atoms with Gasteiger partial charge in [0.05, 0.1) is 5.75 Å². The largest absolute Gasteiger partial charge is 0.459 e. The van der Waals surface area contributed by atoms with E-state index in [0.29, 0.717) is 18.6 Å². The van der Waals surface area contributed by atoms with E-state index in [-0.39, 0.29) is 17.1 Å². The van der Waals surface area contributed by atoms with Crippen LogP contribution in [-0.4, -0.2) is 28.5 Å². The van der Waals surface area contributed by atoms with Gasteiger partial charge in [0.15, 0.2) is 0 Å². The predicted octanol–water partition coefficient (Wildman–Crippen LogP) is 1.22. The number of ether oxygens (including phenoxy) is 1. The summed E-state index contributed by atoms with van der Waals surface area (Å²) in [5, 5.41) is 0.222. The zero-order chi connectivity index (χ0) is 13.5. The van der Waals surface area contributed by atoms with E-state index in [1.54, 1.807) is 0 Å². The lowest BCUT2D eigenvalue weighted by molar-refractivity contribution is -0.151. The Morgan fingerprint density at radius 3 is 2.47 bits per heavy atom. The van der Waals surface area contributed by atoms with E-state index in [2.05, 4.69) is 5.43 Å². The molecule has 0 saturated heterocycles. The Bertz CT molecular complexity index is 264. The number of amides is 1. The maximum absolute atomic E-state index is 11.4.